The van der Waals surface area contributed by atoms with Gasteiger partial charge in [-0.05, 0) is 50.8 Å². The third-order valence-corrected chi connectivity index (χ3v) is 6.28. The van der Waals surface area contributed by atoms with Gasteiger partial charge in [0.25, 0.3) is 0 Å². The molecule has 1 aliphatic carbocycles. The summed E-state index contributed by atoms with van der Waals surface area (Å²) < 4.78 is 0. The number of rotatable bonds is 5. The van der Waals surface area contributed by atoms with Crippen LogP contribution >= 0.6 is 11.3 Å². The van der Waals surface area contributed by atoms with Crippen molar-refractivity contribution >= 4 is 27.4 Å². The Morgan fingerprint density at radius 1 is 1.09 bits per heavy atom. The standard InChI is InChI=1S/C18H26N4S/c1-2-15-20-17(19-9-12-22-10-4-3-5-11-22)16-13-7-6-8-14(13)23-18(16)21-15/h2-12H2,1H3,(H,19,20,21). The summed E-state index contributed by atoms with van der Waals surface area (Å²) >= 11 is 1.89. The molecule has 1 fully saturated rings. The van der Waals surface area contributed by atoms with E-state index in [9.17, 15) is 0 Å². The largest absolute Gasteiger partial charge is 0.368 e. The van der Waals surface area contributed by atoms with Crippen molar-refractivity contribution in [2.45, 2.75) is 51.9 Å². The zero-order valence-corrected chi connectivity index (χ0v) is 14.8. The second-order valence-corrected chi connectivity index (χ2v) is 7.79. The van der Waals surface area contributed by atoms with E-state index < -0.39 is 0 Å². The predicted octanol–water partition coefficient (Wildman–Crippen LogP) is 3.64. The Morgan fingerprint density at radius 3 is 2.78 bits per heavy atom. The van der Waals surface area contributed by atoms with Gasteiger partial charge in [0.1, 0.15) is 16.5 Å². The summed E-state index contributed by atoms with van der Waals surface area (Å²) in [5.74, 6) is 2.06. The van der Waals surface area contributed by atoms with Gasteiger partial charge in [0.15, 0.2) is 0 Å². The second-order valence-electron chi connectivity index (χ2n) is 6.71. The summed E-state index contributed by atoms with van der Waals surface area (Å²) in [6.45, 7) is 6.77. The molecule has 0 aromatic carbocycles. The molecule has 2 aliphatic rings. The molecule has 23 heavy (non-hydrogen) atoms. The van der Waals surface area contributed by atoms with Crippen molar-refractivity contribution in [1.29, 1.82) is 0 Å². The summed E-state index contributed by atoms with van der Waals surface area (Å²) in [6, 6.07) is 0. The fourth-order valence-corrected chi connectivity index (χ4v) is 5.12. The molecule has 1 aliphatic heterocycles. The average Bonchev–Trinajstić information content (AvgIpc) is 3.16. The highest BCUT2D eigenvalue weighted by atomic mass is 32.1. The van der Waals surface area contributed by atoms with E-state index in [1.54, 1.807) is 4.88 Å². The number of likely N-dealkylation sites (tertiary alicyclic amines) is 1. The number of piperidine rings is 1. The van der Waals surface area contributed by atoms with Crippen LogP contribution in [-0.2, 0) is 19.3 Å². The topological polar surface area (TPSA) is 41.1 Å². The molecule has 0 saturated carbocycles. The molecule has 4 rings (SSSR count). The van der Waals surface area contributed by atoms with E-state index in [1.165, 1.54) is 67.4 Å². The Kier molecular flexibility index (Phi) is 4.49. The normalized spacial score (nSPS) is 18.5. The van der Waals surface area contributed by atoms with E-state index in [4.69, 9.17) is 9.97 Å². The average molecular weight is 331 g/mol. The Morgan fingerprint density at radius 2 is 1.96 bits per heavy atom. The Bertz CT molecular complexity index is 688. The number of fused-ring (bicyclic) bond motifs is 3. The van der Waals surface area contributed by atoms with Crippen LogP contribution < -0.4 is 5.32 Å². The molecule has 2 aromatic rings. The monoisotopic (exact) mass is 330 g/mol. The summed E-state index contributed by atoms with van der Waals surface area (Å²) in [5.41, 5.74) is 1.52. The lowest BCUT2D eigenvalue weighted by molar-refractivity contribution is 0.237. The fraction of sp³-hybridized carbons (Fsp3) is 0.667. The zero-order valence-electron chi connectivity index (χ0n) is 14.0. The molecule has 5 heteroatoms. The number of anilines is 1. The number of aromatic nitrogens is 2. The van der Waals surface area contributed by atoms with Crippen LogP contribution in [0.3, 0.4) is 0 Å². The summed E-state index contributed by atoms with van der Waals surface area (Å²) in [5, 5.41) is 4.96. The van der Waals surface area contributed by atoms with Gasteiger partial charge in [-0.2, -0.15) is 0 Å². The van der Waals surface area contributed by atoms with E-state index in [-0.39, 0.29) is 0 Å². The minimum absolute atomic E-state index is 0.902. The van der Waals surface area contributed by atoms with Crippen LogP contribution in [0.1, 0.15) is 48.9 Å². The smallest absolute Gasteiger partial charge is 0.138 e. The third-order valence-electron chi connectivity index (χ3n) is 5.10. The van der Waals surface area contributed by atoms with Crippen LogP contribution in [0.15, 0.2) is 0 Å². The maximum Gasteiger partial charge on any atom is 0.138 e. The number of hydrogen-bond acceptors (Lipinski definition) is 5. The molecule has 0 radical (unpaired) electrons. The van der Waals surface area contributed by atoms with Crippen LogP contribution in [0.25, 0.3) is 10.2 Å². The first kappa shape index (κ1) is 15.3. The number of aryl methyl sites for hydroxylation is 3. The lowest BCUT2D eigenvalue weighted by atomic mass is 10.1. The molecular formula is C18H26N4S. The maximum absolute atomic E-state index is 4.82. The number of nitrogens with one attached hydrogen (secondary N) is 1. The van der Waals surface area contributed by atoms with Crippen LogP contribution in [0.5, 0.6) is 0 Å². The zero-order chi connectivity index (χ0) is 15.6. The van der Waals surface area contributed by atoms with Gasteiger partial charge < -0.3 is 10.2 Å². The minimum Gasteiger partial charge on any atom is -0.368 e. The minimum atomic E-state index is 0.902. The second kappa shape index (κ2) is 6.73. The lowest BCUT2D eigenvalue weighted by Crippen LogP contribution is -2.33. The molecule has 2 aromatic heterocycles. The number of hydrogen-bond donors (Lipinski definition) is 1. The van der Waals surface area contributed by atoms with Crippen molar-refractivity contribution in [2.75, 3.05) is 31.5 Å². The van der Waals surface area contributed by atoms with Gasteiger partial charge in [-0.3, -0.25) is 0 Å². The molecular weight excluding hydrogens is 304 g/mol. The molecule has 0 atom stereocenters. The van der Waals surface area contributed by atoms with Gasteiger partial charge in [0.05, 0.1) is 5.39 Å². The van der Waals surface area contributed by atoms with Crippen molar-refractivity contribution in [3.05, 3.63) is 16.3 Å². The van der Waals surface area contributed by atoms with Crippen LogP contribution in [0.4, 0.5) is 5.82 Å². The molecule has 0 bridgehead atoms. The van der Waals surface area contributed by atoms with Gasteiger partial charge >= 0.3 is 0 Å². The molecule has 1 N–H and O–H groups in total. The highest BCUT2D eigenvalue weighted by Gasteiger charge is 2.22. The van der Waals surface area contributed by atoms with Crippen molar-refractivity contribution in [1.82, 2.24) is 14.9 Å². The van der Waals surface area contributed by atoms with Gasteiger partial charge in [0.2, 0.25) is 0 Å². The van der Waals surface area contributed by atoms with Crippen LogP contribution in [0, 0.1) is 0 Å². The lowest BCUT2D eigenvalue weighted by Gasteiger charge is -2.26. The molecule has 124 valence electrons. The first-order chi connectivity index (χ1) is 11.3. The number of nitrogens with zero attached hydrogens (tertiary/aromatic N) is 3. The molecule has 3 heterocycles. The molecule has 1 saturated heterocycles. The first-order valence-electron chi connectivity index (χ1n) is 9.12. The van der Waals surface area contributed by atoms with Gasteiger partial charge in [0, 0.05) is 24.4 Å². The molecule has 0 spiro atoms. The summed E-state index contributed by atoms with van der Waals surface area (Å²) in [4.78, 5) is 14.9. The van der Waals surface area contributed by atoms with Crippen molar-refractivity contribution in [3.8, 4) is 0 Å². The molecule has 0 amide bonds. The Balaban J connectivity index is 1.55. The fourth-order valence-electron chi connectivity index (χ4n) is 3.84. The van der Waals surface area contributed by atoms with Gasteiger partial charge in [-0.15, -0.1) is 11.3 Å². The summed E-state index contributed by atoms with van der Waals surface area (Å²) in [6.07, 6.45) is 8.73. The van der Waals surface area contributed by atoms with E-state index in [1.807, 2.05) is 11.3 Å². The van der Waals surface area contributed by atoms with E-state index in [2.05, 4.69) is 17.1 Å². The quantitative estimate of drug-likeness (QED) is 0.909. The van der Waals surface area contributed by atoms with Crippen LogP contribution in [-0.4, -0.2) is 41.0 Å². The Labute approximate surface area is 142 Å². The predicted molar refractivity (Wildman–Crippen MR) is 97.6 cm³/mol. The highest BCUT2D eigenvalue weighted by Crippen LogP contribution is 2.39. The van der Waals surface area contributed by atoms with Crippen LogP contribution in [0.2, 0.25) is 0 Å². The summed E-state index contributed by atoms with van der Waals surface area (Å²) in [7, 11) is 0. The van der Waals surface area contributed by atoms with Crippen molar-refractivity contribution in [2.24, 2.45) is 0 Å². The van der Waals surface area contributed by atoms with Gasteiger partial charge in [-0.1, -0.05) is 13.3 Å². The van der Waals surface area contributed by atoms with Crippen molar-refractivity contribution < 1.29 is 0 Å². The molecule has 0 unspecified atom stereocenters. The SMILES string of the molecule is CCc1nc(NCCN2CCCCC2)c2c3c(sc2n1)CCC3. The maximum atomic E-state index is 4.82. The highest BCUT2D eigenvalue weighted by molar-refractivity contribution is 7.19. The van der Waals surface area contributed by atoms with Crippen molar-refractivity contribution in [3.63, 3.8) is 0 Å². The third kappa shape index (κ3) is 3.09. The first-order valence-corrected chi connectivity index (χ1v) is 9.94. The van der Waals surface area contributed by atoms with Gasteiger partial charge in [-0.25, -0.2) is 9.97 Å². The van der Waals surface area contributed by atoms with E-state index in [0.29, 0.717) is 0 Å². The van der Waals surface area contributed by atoms with E-state index in [0.717, 1.165) is 31.2 Å². The van der Waals surface area contributed by atoms with E-state index >= 15 is 0 Å². The molecule has 4 nitrogen and oxygen atoms in total. The number of thiophene rings is 1. The Hall–Kier alpha value is -1.20.